The minimum atomic E-state index is -4.55. The van der Waals surface area contributed by atoms with Gasteiger partial charge in [-0.05, 0) is 32.1 Å². The average Bonchev–Trinajstić information content (AvgIpc) is 2.64. The zero-order chi connectivity index (χ0) is 14.2. The van der Waals surface area contributed by atoms with Crippen molar-refractivity contribution in [1.82, 2.24) is 15.0 Å². The molecule has 1 heterocycles. The minimum Gasteiger partial charge on any atom is -0.325 e. The van der Waals surface area contributed by atoms with Gasteiger partial charge in [-0.15, -0.1) is 18.3 Å². The Morgan fingerprint density at radius 3 is 2.50 bits per heavy atom. The molecule has 2 bridgehead atoms. The molecule has 1 aromatic rings. The predicted molar refractivity (Wildman–Crippen MR) is 61.7 cm³/mol. The molecule has 5 nitrogen and oxygen atoms in total. The van der Waals surface area contributed by atoms with Gasteiger partial charge in [0.15, 0.2) is 0 Å². The molecule has 0 aliphatic heterocycles. The predicted octanol–water partition coefficient (Wildman–Crippen LogP) is 1.65. The van der Waals surface area contributed by atoms with E-state index >= 15 is 0 Å². The smallest absolute Gasteiger partial charge is 0.325 e. The molecule has 8 heteroatoms. The van der Waals surface area contributed by atoms with E-state index in [1.54, 1.807) is 0 Å². The van der Waals surface area contributed by atoms with Gasteiger partial charge in [-0.25, -0.2) is 4.68 Å². The number of rotatable bonds is 3. The molecule has 4 aliphatic carbocycles. The van der Waals surface area contributed by atoms with Crippen LogP contribution in [0.4, 0.5) is 13.2 Å². The topological polar surface area (TPSA) is 66.0 Å². The molecule has 110 valence electrons. The van der Waals surface area contributed by atoms with Crippen LogP contribution in [-0.4, -0.2) is 33.0 Å². The van der Waals surface area contributed by atoms with Crippen LogP contribution in [0.25, 0.3) is 0 Å². The number of hydrogen-bond donors (Lipinski definition) is 1. The van der Waals surface area contributed by atoms with Crippen LogP contribution in [-0.2, 0) is 10.3 Å². The van der Waals surface area contributed by atoms with E-state index in [-0.39, 0.29) is 17.0 Å². The van der Waals surface area contributed by atoms with Gasteiger partial charge in [0, 0.05) is 17.7 Å². The van der Waals surface area contributed by atoms with Crippen LogP contribution in [0, 0.1) is 0 Å². The molecule has 0 unspecified atom stereocenters. The lowest BCUT2D eigenvalue weighted by Crippen LogP contribution is -2.76. The van der Waals surface area contributed by atoms with E-state index in [0.29, 0.717) is 12.8 Å². The zero-order valence-electron chi connectivity index (χ0n) is 10.7. The first-order valence-corrected chi connectivity index (χ1v) is 6.73. The summed E-state index contributed by atoms with van der Waals surface area (Å²) in [7, 11) is 0. The molecule has 4 aliphatic rings. The van der Waals surface area contributed by atoms with Gasteiger partial charge in [-0.1, -0.05) is 5.21 Å². The Balaban J connectivity index is 1.37. The summed E-state index contributed by atoms with van der Waals surface area (Å²) < 4.78 is 42.0. The van der Waals surface area contributed by atoms with E-state index in [0.717, 1.165) is 25.0 Å². The molecule has 4 saturated carbocycles. The number of halogens is 3. The Kier molecular flexibility index (Phi) is 2.23. The van der Waals surface area contributed by atoms with Gasteiger partial charge >= 0.3 is 6.36 Å². The maximum atomic E-state index is 12.0. The molecule has 0 radical (unpaired) electrons. The van der Waals surface area contributed by atoms with E-state index in [2.05, 4.69) is 15.0 Å². The van der Waals surface area contributed by atoms with Crippen molar-refractivity contribution in [2.45, 2.75) is 61.6 Å². The standard InChI is InChI=1S/C12H15F3N4O/c13-12(14,15)20-8-1-7(2-8)9-3-19(18-17-9)11-4-10(16,5-11)6-11/h3,7-8H,1-2,4-6,16H2/t7-,8+,10?,11?. The van der Waals surface area contributed by atoms with Crippen LogP contribution in [0.5, 0.6) is 0 Å². The van der Waals surface area contributed by atoms with Crippen LogP contribution in [0.1, 0.15) is 43.7 Å². The van der Waals surface area contributed by atoms with Crippen LogP contribution in [0.15, 0.2) is 6.20 Å². The van der Waals surface area contributed by atoms with Gasteiger partial charge in [0.05, 0.1) is 17.3 Å². The van der Waals surface area contributed by atoms with Crippen LogP contribution in [0.3, 0.4) is 0 Å². The molecule has 0 amide bonds. The second-order valence-electron chi connectivity index (χ2n) is 6.56. The van der Waals surface area contributed by atoms with Gasteiger partial charge in [-0.2, -0.15) is 0 Å². The lowest BCUT2D eigenvalue weighted by Gasteiger charge is -2.68. The normalized spacial score (nSPS) is 42.6. The fourth-order valence-corrected chi connectivity index (χ4v) is 3.84. The van der Waals surface area contributed by atoms with Crippen molar-refractivity contribution in [3.8, 4) is 0 Å². The first kappa shape index (κ1) is 12.6. The summed E-state index contributed by atoms with van der Waals surface area (Å²) >= 11 is 0. The van der Waals surface area contributed by atoms with Crippen molar-refractivity contribution in [1.29, 1.82) is 0 Å². The second-order valence-corrected chi connectivity index (χ2v) is 6.56. The highest BCUT2D eigenvalue weighted by Crippen LogP contribution is 2.63. The third-order valence-electron chi connectivity index (χ3n) is 4.85. The van der Waals surface area contributed by atoms with Crippen molar-refractivity contribution < 1.29 is 17.9 Å². The molecule has 5 rings (SSSR count). The quantitative estimate of drug-likeness (QED) is 0.918. The van der Waals surface area contributed by atoms with Crippen molar-refractivity contribution in [2.75, 3.05) is 0 Å². The minimum absolute atomic E-state index is 0.00573. The first-order valence-electron chi connectivity index (χ1n) is 6.73. The number of aromatic nitrogens is 3. The summed E-state index contributed by atoms with van der Waals surface area (Å²) in [6.07, 6.45) is 0.0561. The lowest BCUT2D eigenvalue weighted by molar-refractivity contribution is -0.351. The van der Waals surface area contributed by atoms with Gasteiger partial charge in [0.1, 0.15) is 0 Å². The van der Waals surface area contributed by atoms with Gasteiger partial charge in [0.2, 0.25) is 0 Å². The molecule has 0 atom stereocenters. The third kappa shape index (κ3) is 1.77. The first-order chi connectivity index (χ1) is 9.27. The highest BCUT2D eigenvalue weighted by Gasteiger charge is 2.68. The number of alkyl halides is 3. The Bertz CT molecular complexity index is 529. The Hall–Kier alpha value is -1.15. The fraction of sp³-hybridized carbons (Fsp3) is 0.833. The van der Waals surface area contributed by atoms with E-state index in [4.69, 9.17) is 5.73 Å². The summed E-state index contributed by atoms with van der Waals surface area (Å²) in [6.45, 7) is 0. The molecule has 20 heavy (non-hydrogen) atoms. The van der Waals surface area contributed by atoms with Crippen molar-refractivity contribution in [3.63, 3.8) is 0 Å². The summed E-state index contributed by atoms with van der Waals surface area (Å²) in [5, 5.41) is 8.23. The van der Waals surface area contributed by atoms with Crippen molar-refractivity contribution in [2.24, 2.45) is 5.73 Å². The van der Waals surface area contributed by atoms with Gasteiger partial charge in [-0.3, -0.25) is 4.74 Å². The largest absolute Gasteiger partial charge is 0.522 e. The third-order valence-corrected chi connectivity index (χ3v) is 4.85. The molecule has 4 fully saturated rings. The van der Waals surface area contributed by atoms with E-state index < -0.39 is 12.5 Å². The summed E-state index contributed by atoms with van der Waals surface area (Å²) in [4.78, 5) is 0. The lowest BCUT2D eigenvalue weighted by atomic mass is 9.44. The maximum absolute atomic E-state index is 12.0. The Morgan fingerprint density at radius 1 is 1.30 bits per heavy atom. The molecule has 1 aromatic heterocycles. The average molecular weight is 288 g/mol. The van der Waals surface area contributed by atoms with E-state index in [1.807, 2.05) is 10.9 Å². The molecule has 0 saturated heterocycles. The second kappa shape index (κ2) is 3.54. The van der Waals surface area contributed by atoms with E-state index in [9.17, 15) is 13.2 Å². The monoisotopic (exact) mass is 288 g/mol. The highest BCUT2D eigenvalue weighted by atomic mass is 19.4. The number of nitrogens with two attached hydrogens (primary N) is 1. The molecular formula is C12H15F3N4O. The summed E-state index contributed by atoms with van der Waals surface area (Å²) in [5.74, 6) is 0.0234. The summed E-state index contributed by atoms with van der Waals surface area (Å²) in [6, 6.07) is 0. The van der Waals surface area contributed by atoms with E-state index in [1.165, 1.54) is 0 Å². The van der Waals surface area contributed by atoms with Crippen LogP contribution in [0.2, 0.25) is 0 Å². The zero-order valence-corrected chi connectivity index (χ0v) is 10.7. The highest BCUT2D eigenvalue weighted by molar-refractivity contribution is 5.25. The molecule has 0 aromatic carbocycles. The Labute approximate surface area is 113 Å². The molecule has 0 spiro atoms. The molecule has 2 N–H and O–H groups in total. The number of ether oxygens (including phenoxy) is 1. The van der Waals surface area contributed by atoms with Gasteiger partial charge < -0.3 is 5.73 Å². The molecular weight excluding hydrogens is 273 g/mol. The summed E-state index contributed by atoms with van der Waals surface area (Å²) in [5.41, 5.74) is 6.80. The SMILES string of the molecule is NC12CC(n3cc([C@H]4C[C@@H](OC(F)(F)F)C4)nn3)(C1)C2. The van der Waals surface area contributed by atoms with Crippen molar-refractivity contribution in [3.05, 3.63) is 11.9 Å². The number of nitrogens with zero attached hydrogens (tertiary/aromatic N) is 3. The Morgan fingerprint density at radius 2 is 1.95 bits per heavy atom. The van der Waals surface area contributed by atoms with Crippen LogP contribution >= 0.6 is 0 Å². The maximum Gasteiger partial charge on any atom is 0.522 e. The van der Waals surface area contributed by atoms with Crippen molar-refractivity contribution >= 4 is 0 Å². The van der Waals surface area contributed by atoms with Gasteiger partial charge in [0.25, 0.3) is 0 Å². The number of hydrogen-bond acceptors (Lipinski definition) is 4. The fourth-order valence-electron chi connectivity index (χ4n) is 3.84. The van der Waals surface area contributed by atoms with Crippen LogP contribution < -0.4 is 5.73 Å².